The zero-order valence-corrected chi connectivity index (χ0v) is 15.2. The quantitative estimate of drug-likeness (QED) is 0.805. The van der Waals surface area contributed by atoms with Gasteiger partial charge in [-0.15, -0.1) is 0 Å². The van der Waals surface area contributed by atoms with Crippen LogP contribution in [0.3, 0.4) is 0 Å². The Hall–Kier alpha value is -2.61. The van der Waals surface area contributed by atoms with Crippen molar-refractivity contribution in [2.45, 2.75) is 12.5 Å². The highest BCUT2D eigenvalue weighted by Crippen LogP contribution is 2.26. The lowest BCUT2D eigenvalue weighted by atomic mass is 10.2. The molecule has 8 heteroatoms. The number of hydrogen-bond donors (Lipinski definition) is 0. The number of aromatic nitrogens is 3. The Morgan fingerprint density at radius 2 is 2.00 bits per heavy atom. The fourth-order valence-electron chi connectivity index (χ4n) is 3.77. The van der Waals surface area contributed by atoms with Crippen LogP contribution >= 0.6 is 0 Å². The van der Waals surface area contributed by atoms with Crippen molar-refractivity contribution in [3.63, 3.8) is 0 Å². The molecule has 1 amide bonds. The molecule has 0 spiro atoms. The van der Waals surface area contributed by atoms with Gasteiger partial charge in [-0.2, -0.15) is 5.10 Å². The van der Waals surface area contributed by atoms with Crippen LogP contribution in [0.5, 0.6) is 5.75 Å². The van der Waals surface area contributed by atoms with Gasteiger partial charge in [-0.05, 0) is 12.5 Å². The van der Waals surface area contributed by atoms with E-state index in [0.717, 1.165) is 56.4 Å². The van der Waals surface area contributed by atoms with Gasteiger partial charge >= 0.3 is 0 Å². The third kappa shape index (κ3) is 3.12. The number of anilines is 2. The number of aryl methyl sites for hydroxylation is 1. The lowest BCUT2D eigenvalue weighted by Crippen LogP contribution is -2.52. The van der Waals surface area contributed by atoms with Gasteiger partial charge < -0.3 is 14.5 Å². The molecule has 0 aliphatic carbocycles. The average Bonchev–Trinajstić information content (AvgIpc) is 3.27. The van der Waals surface area contributed by atoms with E-state index in [1.54, 1.807) is 24.2 Å². The molecule has 2 fully saturated rings. The number of ether oxygens (including phenoxy) is 1. The number of pyridine rings is 1. The number of hydrogen-bond acceptors (Lipinski definition) is 6. The second kappa shape index (κ2) is 6.95. The lowest BCUT2D eigenvalue weighted by Gasteiger charge is -2.37. The van der Waals surface area contributed by atoms with E-state index >= 15 is 0 Å². The minimum absolute atomic E-state index is 0.0318. The van der Waals surface area contributed by atoms with Crippen molar-refractivity contribution in [3.8, 4) is 5.75 Å². The number of carbonyl (C=O) groups is 1. The molecular weight excluding hydrogens is 332 g/mol. The van der Waals surface area contributed by atoms with Gasteiger partial charge in [0.2, 0.25) is 5.91 Å². The highest BCUT2D eigenvalue weighted by Gasteiger charge is 2.38. The molecule has 26 heavy (non-hydrogen) atoms. The van der Waals surface area contributed by atoms with Crippen molar-refractivity contribution in [1.29, 1.82) is 0 Å². The Kier molecular flexibility index (Phi) is 4.50. The van der Waals surface area contributed by atoms with Crippen LogP contribution < -0.4 is 14.5 Å². The van der Waals surface area contributed by atoms with Gasteiger partial charge in [-0.3, -0.25) is 14.4 Å². The number of rotatable bonds is 4. The van der Waals surface area contributed by atoms with Crippen LogP contribution in [-0.4, -0.2) is 71.4 Å². The summed E-state index contributed by atoms with van der Waals surface area (Å²) in [6, 6.07) is 3.78. The molecule has 0 saturated carbocycles. The molecule has 2 aromatic heterocycles. The largest absolute Gasteiger partial charge is 0.497 e. The molecule has 0 N–H and O–H groups in total. The predicted octanol–water partition coefficient (Wildman–Crippen LogP) is 0.751. The molecular formula is C18H24N6O2. The molecule has 2 aromatic rings. The predicted molar refractivity (Wildman–Crippen MR) is 98.5 cm³/mol. The van der Waals surface area contributed by atoms with Crippen molar-refractivity contribution in [2.24, 2.45) is 7.05 Å². The van der Waals surface area contributed by atoms with E-state index in [4.69, 9.17) is 4.74 Å². The fraction of sp³-hybridized carbons (Fsp3) is 0.500. The summed E-state index contributed by atoms with van der Waals surface area (Å²) in [5.74, 6) is 1.93. The molecule has 4 heterocycles. The molecule has 138 valence electrons. The molecule has 2 aliphatic rings. The van der Waals surface area contributed by atoms with Gasteiger partial charge in [0.05, 0.1) is 25.0 Å². The number of carbonyl (C=O) groups excluding carboxylic acids is 1. The monoisotopic (exact) mass is 356 g/mol. The SMILES string of the molecule is COc1ccnc(N2CCN(C3CCN(c4cnn(C)c4)C3=O)CC2)c1. The van der Waals surface area contributed by atoms with E-state index in [1.807, 2.05) is 30.3 Å². The van der Waals surface area contributed by atoms with Crippen LogP contribution in [-0.2, 0) is 11.8 Å². The van der Waals surface area contributed by atoms with E-state index in [2.05, 4.69) is 19.9 Å². The summed E-state index contributed by atoms with van der Waals surface area (Å²) in [4.78, 5) is 23.7. The van der Waals surface area contributed by atoms with Crippen molar-refractivity contribution in [1.82, 2.24) is 19.7 Å². The topological polar surface area (TPSA) is 66.7 Å². The first kappa shape index (κ1) is 16.8. The van der Waals surface area contributed by atoms with Gasteiger partial charge in [0.1, 0.15) is 11.6 Å². The molecule has 0 radical (unpaired) electrons. The molecule has 1 atom stereocenters. The summed E-state index contributed by atoms with van der Waals surface area (Å²) >= 11 is 0. The number of nitrogens with zero attached hydrogens (tertiary/aromatic N) is 6. The fourth-order valence-corrected chi connectivity index (χ4v) is 3.77. The lowest BCUT2D eigenvalue weighted by molar-refractivity contribution is -0.121. The van der Waals surface area contributed by atoms with Crippen molar-refractivity contribution in [2.75, 3.05) is 49.6 Å². The Morgan fingerprint density at radius 1 is 1.19 bits per heavy atom. The molecule has 0 aromatic carbocycles. The third-order valence-electron chi connectivity index (χ3n) is 5.21. The van der Waals surface area contributed by atoms with E-state index in [1.165, 1.54) is 0 Å². The van der Waals surface area contributed by atoms with E-state index in [9.17, 15) is 4.79 Å². The van der Waals surface area contributed by atoms with Crippen LogP contribution in [0.1, 0.15) is 6.42 Å². The Balaban J connectivity index is 1.38. The smallest absolute Gasteiger partial charge is 0.244 e. The Labute approximate surface area is 153 Å². The van der Waals surface area contributed by atoms with Gasteiger partial charge in [-0.25, -0.2) is 4.98 Å². The number of piperazine rings is 1. The summed E-state index contributed by atoms with van der Waals surface area (Å²) in [5.41, 5.74) is 0.888. The molecule has 0 bridgehead atoms. The minimum Gasteiger partial charge on any atom is -0.497 e. The molecule has 8 nitrogen and oxygen atoms in total. The van der Waals surface area contributed by atoms with E-state index < -0.39 is 0 Å². The first-order valence-corrected chi connectivity index (χ1v) is 8.95. The second-order valence-electron chi connectivity index (χ2n) is 6.74. The zero-order valence-electron chi connectivity index (χ0n) is 15.2. The summed E-state index contributed by atoms with van der Waals surface area (Å²) in [6.45, 7) is 4.19. The maximum Gasteiger partial charge on any atom is 0.244 e. The summed E-state index contributed by atoms with van der Waals surface area (Å²) in [5, 5.41) is 4.18. The first-order valence-electron chi connectivity index (χ1n) is 8.95. The Morgan fingerprint density at radius 3 is 2.69 bits per heavy atom. The number of methoxy groups -OCH3 is 1. The molecule has 2 saturated heterocycles. The Bertz CT molecular complexity index is 783. The van der Waals surface area contributed by atoms with Gasteiger partial charge in [0, 0.05) is 58.2 Å². The van der Waals surface area contributed by atoms with Crippen LogP contribution in [0.25, 0.3) is 0 Å². The average molecular weight is 356 g/mol. The molecule has 2 aliphatic heterocycles. The normalized spacial score (nSPS) is 21.5. The minimum atomic E-state index is -0.0318. The van der Waals surface area contributed by atoms with Gasteiger partial charge in [-0.1, -0.05) is 0 Å². The third-order valence-corrected chi connectivity index (χ3v) is 5.21. The van der Waals surface area contributed by atoms with Gasteiger partial charge in [0.15, 0.2) is 0 Å². The second-order valence-corrected chi connectivity index (χ2v) is 6.74. The maximum atomic E-state index is 12.9. The van der Waals surface area contributed by atoms with E-state index in [0.29, 0.717) is 0 Å². The first-order chi connectivity index (χ1) is 12.7. The maximum absolute atomic E-state index is 12.9. The van der Waals surface area contributed by atoms with Gasteiger partial charge in [0.25, 0.3) is 0 Å². The van der Waals surface area contributed by atoms with Crippen molar-refractivity contribution < 1.29 is 9.53 Å². The zero-order chi connectivity index (χ0) is 18.1. The standard InChI is InChI=1S/C18H24N6O2/c1-21-13-14(12-20-21)24-6-4-16(18(24)25)22-7-9-23(10-8-22)17-11-15(26-2)3-5-19-17/h3,5,11-13,16H,4,6-10H2,1-2H3. The molecule has 1 unspecified atom stereocenters. The highest BCUT2D eigenvalue weighted by atomic mass is 16.5. The highest BCUT2D eigenvalue weighted by molar-refractivity contribution is 5.99. The number of amides is 1. The van der Waals surface area contributed by atoms with Crippen LogP contribution in [0.4, 0.5) is 11.5 Å². The summed E-state index contributed by atoms with van der Waals surface area (Å²) in [7, 11) is 3.53. The van der Waals surface area contributed by atoms with Crippen LogP contribution in [0.2, 0.25) is 0 Å². The summed E-state index contributed by atoms with van der Waals surface area (Å²) < 4.78 is 7.02. The molecule has 4 rings (SSSR count). The van der Waals surface area contributed by atoms with Crippen LogP contribution in [0, 0.1) is 0 Å². The van der Waals surface area contributed by atoms with Crippen LogP contribution in [0.15, 0.2) is 30.7 Å². The van der Waals surface area contributed by atoms with Crippen molar-refractivity contribution >= 4 is 17.4 Å². The summed E-state index contributed by atoms with van der Waals surface area (Å²) in [6.07, 6.45) is 6.29. The van der Waals surface area contributed by atoms with Crippen molar-refractivity contribution in [3.05, 3.63) is 30.7 Å². The van der Waals surface area contributed by atoms with E-state index in [-0.39, 0.29) is 11.9 Å².